The minimum atomic E-state index is -0.876. The Labute approximate surface area is 105 Å². The van der Waals surface area contributed by atoms with Crippen molar-refractivity contribution in [3.63, 3.8) is 0 Å². The van der Waals surface area contributed by atoms with Crippen LogP contribution < -0.4 is 4.74 Å². The SMILES string of the molecule is COc1ccccc1-c1nn(C)cc1CC(=O)O. The fourth-order valence-electron chi connectivity index (χ4n) is 1.90. The molecule has 0 aliphatic carbocycles. The molecule has 0 amide bonds. The Morgan fingerprint density at radius 3 is 2.83 bits per heavy atom. The van der Waals surface area contributed by atoms with E-state index in [0.717, 1.165) is 5.56 Å². The van der Waals surface area contributed by atoms with E-state index in [4.69, 9.17) is 9.84 Å². The summed E-state index contributed by atoms with van der Waals surface area (Å²) in [4.78, 5) is 10.8. The van der Waals surface area contributed by atoms with Gasteiger partial charge in [0, 0.05) is 24.4 Å². The normalized spacial score (nSPS) is 10.3. The molecule has 0 spiro atoms. The van der Waals surface area contributed by atoms with Gasteiger partial charge >= 0.3 is 5.97 Å². The second-order valence-corrected chi connectivity index (χ2v) is 3.95. The van der Waals surface area contributed by atoms with E-state index >= 15 is 0 Å². The zero-order valence-electron chi connectivity index (χ0n) is 10.3. The minimum absolute atomic E-state index is 0.0543. The summed E-state index contributed by atoms with van der Waals surface area (Å²) >= 11 is 0. The number of carboxylic acids is 1. The Balaban J connectivity index is 2.52. The number of benzene rings is 1. The lowest BCUT2D eigenvalue weighted by atomic mass is 10.1. The molecule has 1 aromatic carbocycles. The molecule has 0 bridgehead atoms. The number of nitrogens with zero attached hydrogens (tertiary/aromatic N) is 2. The van der Waals surface area contributed by atoms with Crippen molar-refractivity contribution in [2.45, 2.75) is 6.42 Å². The molecule has 18 heavy (non-hydrogen) atoms. The van der Waals surface area contributed by atoms with E-state index in [1.165, 1.54) is 0 Å². The number of para-hydroxylation sites is 1. The molecular formula is C13H14N2O3. The molecule has 5 heteroatoms. The zero-order valence-corrected chi connectivity index (χ0v) is 10.3. The number of aryl methyl sites for hydroxylation is 1. The second kappa shape index (κ2) is 4.91. The lowest BCUT2D eigenvalue weighted by molar-refractivity contribution is -0.136. The first-order valence-electron chi connectivity index (χ1n) is 5.49. The van der Waals surface area contributed by atoms with Gasteiger partial charge in [0.2, 0.25) is 0 Å². The summed E-state index contributed by atoms with van der Waals surface area (Å²) in [6.07, 6.45) is 1.66. The molecule has 0 saturated carbocycles. The third kappa shape index (κ3) is 2.34. The van der Waals surface area contributed by atoms with Gasteiger partial charge in [0.25, 0.3) is 0 Å². The van der Waals surface area contributed by atoms with Crippen molar-refractivity contribution in [3.05, 3.63) is 36.0 Å². The lowest BCUT2D eigenvalue weighted by Gasteiger charge is -2.06. The van der Waals surface area contributed by atoms with Crippen molar-refractivity contribution in [1.82, 2.24) is 9.78 Å². The van der Waals surface area contributed by atoms with Crippen molar-refractivity contribution in [2.24, 2.45) is 7.05 Å². The molecule has 0 fully saturated rings. The number of ether oxygens (including phenoxy) is 1. The summed E-state index contributed by atoms with van der Waals surface area (Å²) in [6.45, 7) is 0. The van der Waals surface area contributed by atoms with Gasteiger partial charge in [0.05, 0.1) is 19.2 Å². The lowest BCUT2D eigenvalue weighted by Crippen LogP contribution is -2.00. The van der Waals surface area contributed by atoms with Gasteiger partial charge in [-0.25, -0.2) is 0 Å². The molecule has 94 valence electrons. The maximum Gasteiger partial charge on any atom is 0.307 e. The first-order valence-corrected chi connectivity index (χ1v) is 5.49. The van der Waals surface area contributed by atoms with E-state index in [1.807, 2.05) is 24.3 Å². The number of rotatable bonds is 4. The highest BCUT2D eigenvalue weighted by Crippen LogP contribution is 2.30. The van der Waals surface area contributed by atoms with Gasteiger partial charge in [-0.15, -0.1) is 0 Å². The number of aliphatic carboxylic acids is 1. The first-order chi connectivity index (χ1) is 8.61. The number of hydrogen-bond donors (Lipinski definition) is 1. The predicted octanol–water partition coefficient (Wildman–Crippen LogP) is 1.72. The van der Waals surface area contributed by atoms with Crippen molar-refractivity contribution < 1.29 is 14.6 Å². The molecule has 0 saturated heterocycles. The summed E-state index contributed by atoms with van der Waals surface area (Å²) in [5.41, 5.74) is 2.13. The van der Waals surface area contributed by atoms with Gasteiger partial charge < -0.3 is 9.84 Å². The fraction of sp³-hybridized carbons (Fsp3) is 0.231. The van der Waals surface area contributed by atoms with Crippen LogP contribution >= 0.6 is 0 Å². The molecule has 1 aromatic heterocycles. The van der Waals surface area contributed by atoms with Gasteiger partial charge in [-0.05, 0) is 12.1 Å². The van der Waals surface area contributed by atoms with Gasteiger partial charge in [-0.2, -0.15) is 5.10 Å². The van der Waals surface area contributed by atoms with Crippen LogP contribution in [0.3, 0.4) is 0 Å². The molecule has 0 aliphatic rings. The second-order valence-electron chi connectivity index (χ2n) is 3.95. The van der Waals surface area contributed by atoms with Crippen LogP contribution in [0.25, 0.3) is 11.3 Å². The van der Waals surface area contributed by atoms with Crippen molar-refractivity contribution >= 4 is 5.97 Å². The Morgan fingerprint density at radius 2 is 2.17 bits per heavy atom. The van der Waals surface area contributed by atoms with E-state index in [0.29, 0.717) is 17.0 Å². The quantitative estimate of drug-likeness (QED) is 0.892. The highest BCUT2D eigenvalue weighted by Gasteiger charge is 2.15. The van der Waals surface area contributed by atoms with Crippen LogP contribution in [0, 0.1) is 0 Å². The molecule has 2 aromatic rings. The Kier molecular flexibility index (Phi) is 3.32. The van der Waals surface area contributed by atoms with E-state index in [2.05, 4.69) is 5.10 Å². The van der Waals surface area contributed by atoms with Crippen LogP contribution in [0.5, 0.6) is 5.75 Å². The van der Waals surface area contributed by atoms with E-state index in [9.17, 15) is 4.79 Å². The van der Waals surface area contributed by atoms with Crippen LogP contribution in [-0.2, 0) is 18.3 Å². The third-order valence-electron chi connectivity index (χ3n) is 2.61. The average molecular weight is 246 g/mol. The summed E-state index contributed by atoms with van der Waals surface area (Å²) in [6, 6.07) is 7.43. The van der Waals surface area contributed by atoms with E-state index in [1.54, 1.807) is 25.0 Å². The summed E-state index contributed by atoms with van der Waals surface area (Å²) in [7, 11) is 3.35. The number of carboxylic acid groups (broad SMARTS) is 1. The summed E-state index contributed by atoms with van der Waals surface area (Å²) in [5, 5.41) is 13.2. The molecular weight excluding hydrogens is 232 g/mol. The standard InChI is InChI=1S/C13H14N2O3/c1-15-8-9(7-12(16)17)13(14-15)10-5-3-4-6-11(10)18-2/h3-6,8H,7H2,1-2H3,(H,16,17). The molecule has 1 heterocycles. The van der Waals surface area contributed by atoms with Gasteiger partial charge in [-0.3, -0.25) is 9.48 Å². The van der Waals surface area contributed by atoms with Gasteiger partial charge in [0.1, 0.15) is 5.75 Å². The van der Waals surface area contributed by atoms with Crippen LogP contribution in [0.2, 0.25) is 0 Å². The molecule has 0 atom stereocenters. The summed E-state index contributed by atoms with van der Waals surface area (Å²) in [5.74, 6) is -0.193. The molecule has 0 radical (unpaired) electrons. The number of hydrogen-bond acceptors (Lipinski definition) is 3. The van der Waals surface area contributed by atoms with Crippen molar-refractivity contribution in [2.75, 3.05) is 7.11 Å². The molecule has 2 rings (SSSR count). The largest absolute Gasteiger partial charge is 0.496 e. The van der Waals surface area contributed by atoms with Crippen LogP contribution in [0.4, 0.5) is 0 Å². The topological polar surface area (TPSA) is 64.4 Å². The smallest absolute Gasteiger partial charge is 0.307 e. The predicted molar refractivity (Wildman–Crippen MR) is 66.5 cm³/mol. The maximum atomic E-state index is 10.8. The molecule has 5 nitrogen and oxygen atoms in total. The van der Waals surface area contributed by atoms with Crippen molar-refractivity contribution in [1.29, 1.82) is 0 Å². The number of methoxy groups -OCH3 is 1. The number of carbonyl (C=O) groups is 1. The Hall–Kier alpha value is -2.30. The third-order valence-corrected chi connectivity index (χ3v) is 2.61. The highest BCUT2D eigenvalue weighted by molar-refractivity contribution is 5.76. The van der Waals surface area contributed by atoms with E-state index < -0.39 is 5.97 Å². The average Bonchev–Trinajstić information content (AvgIpc) is 2.69. The van der Waals surface area contributed by atoms with Crippen LogP contribution in [0.1, 0.15) is 5.56 Å². The summed E-state index contributed by atoms with van der Waals surface area (Å²) < 4.78 is 6.88. The maximum absolute atomic E-state index is 10.8. The van der Waals surface area contributed by atoms with E-state index in [-0.39, 0.29) is 6.42 Å². The highest BCUT2D eigenvalue weighted by atomic mass is 16.5. The van der Waals surface area contributed by atoms with Crippen molar-refractivity contribution in [3.8, 4) is 17.0 Å². The van der Waals surface area contributed by atoms with Crippen LogP contribution in [0.15, 0.2) is 30.5 Å². The minimum Gasteiger partial charge on any atom is -0.496 e. The Morgan fingerprint density at radius 1 is 1.44 bits per heavy atom. The number of aromatic nitrogens is 2. The first kappa shape index (κ1) is 12.2. The zero-order chi connectivity index (χ0) is 13.1. The molecule has 0 unspecified atom stereocenters. The fourth-order valence-corrected chi connectivity index (χ4v) is 1.90. The van der Waals surface area contributed by atoms with Crippen LogP contribution in [-0.4, -0.2) is 28.0 Å². The van der Waals surface area contributed by atoms with Gasteiger partial charge in [0.15, 0.2) is 0 Å². The monoisotopic (exact) mass is 246 g/mol. The molecule has 1 N–H and O–H groups in total. The van der Waals surface area contributed by atoms with Gasteiger partial charge in [-0.1, -0.05) is 12.1 Å². The molecule has 0 aliphatic heterocycles. The Bertz CT molecular complexity index is 575.